The summed E-state index contributed by atoms with van der Waals surface area (Å²) in [6.07, 6.45) is -0.432. The molecule has 0 aliphatic heterocycles. The molecule has 0 aliphatic rings. The number of phenolic OH excluding ortho intramolecular Hbond substituents is 1. The summed E-state index contributed by atoms with van der Waals surface area (Å²) in [4.78, 5) is 33.3. The molecular formula is C15H18FNO6. The number of carboxylic acid groups (broad SMARTS) is 1. The molecule has 1 unspecified atom stereocenters. The molecule has 0 saturated heterocycles. The van der Waals surface area contributed by atoms with E-state index in [1.165, 1.54) is 12.1 Å². The number of halogens is 1. The lowest BCUT2D eigenvalue weighted by Crippen LogP contribution is -2.39. The highest BCUT2D eigenvalue weighted by Crippen LogP contribution is 2.10. The molecule has 7 nitrogen and oxygen atoms in total. The van der Waals surface area contributed by atoms with Gasteiger partial charge in [-0.25, -0.2) is 4.39 Å². The monoisotopic (exact) mass is 327 g/mol. The number of benzene rings is 1. The molecule has 3 N–H and O–H groups in total. The van der Waals surface area contributed by atoms with Gasteiger partial charge in [-0.2, -0.15) is 0 Å². The van der Waals surface area contributed by atoms with Gasteiger partial charge in [-0.05, 0) is 17.7 Å². The zero-order valence-corrected chi connectivity index (χ0v) is 12.3. The highest BCUT2D eigenvalue weighted by Gasteiger charge is 2.20. The van der Waals surface area contributed by atoms with Crippen LogP contribution in [0.15, 0.2) is 24.3 Å². The number of aliphatic carboxylic acids is 1. The minimum absolute atomic E-state index is 0.0699. The van der Waals surface area contributed by atoms with Gasteiger partial charge in [0.05, 0.1) is 19.4 Å². The molecule has 0 heterocycles. The second-order valence-corrected chi connectivity index (χ2v) is 4.84. The van der Waals surface area contributed by atoms with Crippen LogP contribution >= 0.6 is 0 Å². The Morgan fingerprint density at radius 2 is 1.83 bits per heavy atom. The first-order valence-electron chi connectivity index (χ1n) is 6.91. The Morgan fingerprint density at radius 3 is 2.39 bits per heavy atom. The Labute approximate surface area is 132 Å². The largest absolute Gasteiger partial charge is 0.508 e. The summed E-state index contributed by atoms with van der Waals surface area (Å²) >= 11 is 0. The van der Waals surface area contributed by atoms with Crippen molar-refractivity contribution in [3.8, 4) is 5.75 Å². The van der Waals surface area contributed by atoms with Crippen molar-refractivity contribution in [3.63, 3.8) is 0 Å². The van der Waals surface area contributed by atoms with Crippen molar-refractivity contribution in [1.29, 1.82) is 0 Å². The standard InChI is InChI=1S/C15H18FNO6/c16-9-13(19)17-11(7-14(20)21)8-15(22)23-6-5-10-1-3-12(18)4-2-10/h1-4,11,18H,5-9H2,(H,17,19)(H,20,21). The zero-order chi connectivity index (χ0) is 17.2. The zero-order valence-electron chi connectivity index (χ0n) is 12.3. The van der Waals surface area contributed by atoms with E-state index >= 15 is 0 Å². The summed E-state index contributed by atoms with van der Waals surface area (Å²) in [5, 5.41) is 20.0. The average Bonchev–Trinajstić information content (AvgIpc) is 2.48. The van der Waals surface area contributed by atoms with E-state index < -0.39 is 37.0 Å². The molecular weight excluding hydrogens is 309 g/mol. The van der Waals surface area contributed by atoms with Crippen molar-refractivity contribution in [2.45, 2.75) is 25.3 Å². The van der Waals surface area contributed by atoms with E-state index in [1.54, 1.807) is 12.1 Å². The first-order chi connectivity index (χ1) is 10.9. The van der Waals surface area contributed by atoms with Crippen LogP contribution in [0.5, 0.6) is 5.75 Å². The molecule has 1 amide bonds. The summed E-state index contributed by atoms with van der Waals surface area (Å²) in [6.45, 7) is -1.22. The van der Waals surface area contributed by atoms with Gasteiger partial charge in [-0.15, -0.1) is 0 Å². The van der Waals surface area contributed by atoms with Crippen molar-refractivity contribution >= 4 is 17.8 Å². The molecule has 0 aliphatic carbocycles. The number of rotatable bonds is 9. The summed E-state index contributed by atoms with van der Waals surface area (Å²) < 4.78 is 17.1. The van der Waals surface area contributed by atoms with Crippen LogP contribution in [0.1, 0.15) is 18.4 Å². The Morgan fingerprint density at radius 1 is 1.17 bits per heavy atom. The number of carbonyl (C=O) groups is 3. The summed E-state index contributed by atoms with van der Waals surface area (Å²) in [5.74, 6) is -2.75. The molecule has 0 radical (unpaired) electrons. The maximum atomic E-state index is 12.1. The Bertz CT molecular complexity index is 545. The number of carbonyl (C=O) groups excluding carboxylic acids is 2. The van der Waals surface area contributed by atoms with Crippen LogP contribution in [0.25, 0.3) is 0 Å². The first-order valence-corrected chi connectivity index (χ1v) is 6.91. The van der Waals surface area contributed by atoms with E-state index in [4.69, 9.17) is 14.9 Å². The van der Waals surface area contributed by atoms with Crippen LogP contribution in [0, 0.1) is 0 Å². The number of carboxylic acids is 1. The number of amides is 1. The van der Waals surface area contributed by atoms with Crippen LogP contribution in [0.4, 0.5) is 4.39 Å². The maximum Gasteiger partial charge on any atom is 0.307 e. The quantitative estimate of drug-likeness (QED) is 0.578. The van der Waals surface area contributed by atoms with Crippen LogP contribution in [0.2, 0.25) is 0 Å². The molecule has 1 atom stereocenters. The summed E-state index contributed by atoms with van der Waals surface area (Å²) in [7, 11) is 0. The van der Waals surface area contributed by atoms with Crippen molar-refractivity contribution in [1.82, 2.24) is 5.32 Å². The number of hydrogen-bond donors (Lipinski definition) is 3. The smallest absolute Gasteiger partial charge is 0.307 e. The third-order valence-corrected chi connectivity index (χ3v) is 2.91. The molecule has 1 aromatic rings. The maximum absolute atomic E-state index is 12.1. The number of alkyl halides is 1. The van der Waals surface area contributed by atoms with Gasteiger partial charge in [0.25, 0.3) is 5.91 Å². The molecule has 0 bridgehead atoms. The van der Waals surface area contributed by atoms with Gasteiger partial charge in [0.2, 0.25) is 0 Å². The van der Waals surface area contributed by atoms with E-state index in [1.807, 2.05) is 0 Å². The normalized spacial score (nSPS) is 11.5. The second kappa shape index (κ2) is 9.39. The van der Waals surface area contributed by atoms with Crippen LogP contribution in [-0.2, 0) is 25.5 Å². The van der Waals surface area contributed by atoms with Crippen molar-refractivity contribution in [3.05, 3.63) is 29.8 Å². The lowest BCUT2D eigenvalue weighted by atomic mass is 10.1. The number of nitrogens with one attached hydrogen (secondary N) is 1. The van der Waals surface area contributed by atoms with Crippen LogP contribution in [0.3, 0.4) is 0 Å². The Hall–Kier alpha value is -2.64. The lowest BCUT2D eigenvalue weighted by molar-refractivity contribution is -0.144. The fraction of sp³-hybridized carbons (Fsp3) is 0.400. The lowest BCUT2D eigenvalue weighted by Gasteiger charge is -2.15. The molecule has 1 rings (SSSR count). The van der Waals surface area contributed by atoms with Crippen molar-refractivity contribution in [2.24, 2.45) is 0 Å². The van der Waals surface area contributed by atoms with Crippen LogP contribution < -0.4 is 5.32 Å². The Balaban J connectivity index is 2.40. The predicted molar refractivity (Wildman–Crippen MR) is 77.5 cm³/mol. The second-order valence-electron chi connectivity index (χ2n) is 4.84. The topological polar surface area (TPSA) is 113 Å². The van der Waals surface area contributed by atoms with Crippen LogP contribution in [-0.4, -0.2) is 47.4 Å². The van der Waals surface area contributed by atoms with Gasteiger partial charge < -0.3 is 20.3 Å². The fourth-order valence-corrected chi connectivity index (χ4v) is 1.86. The van der Waals surface area contributed by atoms with Gasteiger partial charge in [-0.3, -0.25) is 14.4 Å². The number of aromatic hydroxyl groups is 1. The van der Waals surface area contributed by atoms with E-state index in [0.29, 0.717) is 6.42 Å². The van der Waals surface area contributed by atoms with Crippen molar-refractivity contribution < 1.29 is 33.7 Å². The fourth-order valence-electron chi connectivity index (χ4n) is 1.86. The molecule has 23 heavy (non-hydrogen) atoms. The van der Waals surface area contributed by atoms with E-state index in [9.17, 15) is 18.8 Å². The minimum Gasteiger partial charge on any atom is -0.508 e. The molecule has 8 heteroatoms. The Kier molecular flexibility index (Phi) is 7.52. The third-order valence-electron chi connectivity index (χ3n) is 2.91. The number of hydrogen-bond acceptors (Lipinski definition) is 5. The highest BCUT2D eigenvalue weighted by atomic mass is 19.1. The average molecular weight is 327 g/mol. The van der Waals surface area contributed by atoms with Gasteiger partial charge >= 0.3 is 11.9 Å². The molecule has 126 valence electrons. The number of esters is 1. The number of ether oxygens (including phenoxy) is 1. The van der Waals surface area contributed by atoms with Gasteiger partial charge in [0.1, 0.15) is 5.75 Å². The summed E-state index contributed by atoms with van der Waals surface area (Å²) in [5.41, 5.74) is 0.850. The highest BCUT2D eigenvalue weighted by molar-refractivity contribution is 5.80. The number of phenols is 1. The van der Waals surface area contributed by atoms with E-state index in [0.717, 1.165) is 5.56 Å². The first kappa shape index (κ1) is 18.4. The minimum atomic E-state index is -1.29. The molecule has 0 saturated carbocycles. The third kappa shape index (κ3) is 7.79. The van der Waals surface area contributed by atoms with E-state index in [2.05, 4.69) is 5.32 Å². The molecule has 0 aromatic heterocycles. The summed E-state index contributed by atoms with van der Waals surface area (Å²) in [6, 6.07) is 5.35. The van der Waals surface area contributed by atoms with Gasteiger partial charge in [0.15, 0.2) is 6.67 Å². The predicted octanol–water partition coefficient (Wildman–Crippen LogP) is 0.797. The van der Waals surface area contributed by atoms with Gasteiger partial charge in [-0.1, -0.05) is 12.1 Å². The molecule has 0 fully saturated rings. The van der Waals surface area contributed by atoms with Gasteiger partial charge in [0, 0.05) is 12.5 Å². The molecule has 1 aromatic carbocycles. The molecule has 0 spiro atoms. The SMILES string of the molecule is O=C(O)CC(CC(=O)OCCc1ccc(O)cc1)NC(=O)CF. The van der Waals surface area contributed by atoms with E-state index in [-0.39, 0.29) is 18.8 Å². The van der Waals surface area contributed by atoms with Crippen molar-refractivity contribution in [2.75, 3.05) is 13.3 Å².